The van der Waals surface area contributed by atoms with E-state index in [1.807, 2.05) is 31.4 Å². The lowest BCUT2D eigenvalue weighted by molar-refractivity contribution is -0.138. The van der Waals surface area contributed by atoms with E-state index in [0.29, 0.717) is 0 Å². The summed E-state index contributed by atoms with van der Waals surface area (Å²) in [4.78, 5) is 15.8. The molecule has 0 fully saturated rings. The fourth-order valence-corrected chi connectivity index (χ4v) is 1.60. The molecule has 1 aromatic heterocycles. The van der Waals surface area contributed by atoms with E-state index >= 15 is 0 Å². The zero-order valence-corrected chi connectivity index (χ0v) is 9.04. The average Bonchev–Trinajstić information content (AvgIpc) is 2.50. The number of aliphatic imine (C=N–C) groups is 1. The predicted molar refractivity (Wildman–Crippen MR) is 58.2 cm³/mol. The van der Waals surface area contributed by atoms with E-state index in [9.17, 15) is 4.79 Å². The first-order valence-corrected chi connectivity index (χ1v) is 5.18. The summed E-state index contributed by atoms with van der Waals surface area (Å²) >= 11 is 1.59. The van der Waals surface area contributed by atoms with Crippen LogP contribution in [0.2, 0.25) is 0 Å². The van der Waals surface area contributed by atoms with Crippen molar-refractivity contribution in [2.75, 3.05) is 0 Å². The van der Waals surface area contributed by atoms with Crippen LogP contribution in [0.5, 0.6) is 0 Å². The molecule has 0 radical (unpaired) electrons. The summed E-state index contributed by atoms with van der Waals surface area (Å²) < 4.78 is 0. The van der Waals surface area contributed by atoms with Crippen LogP contribution < -0.4 is 0 Å². The van der Waals surface area contributed by atoms with Gasteiger partial charge in [-0.3, -0.25) is 9.79 Å². The van der Waals surface area contributed by atoms with Crippen LogP contribution in [0, 0.1) is 0 Å². The smallest absolute Gasteiger partial charge is 0.305 e. The molecule has 1 N–H and O–H groups in total. The lowest BCUT2D eigenvalue weighted by atomic mass is 10.0. The fourth-order valence-electron chi connectivity index (χ4n) is 1.02. The molecule has 0 aromatic carbocycles. The van der Waals surface area contributed by atoms with Crippen molar-refractivity contribution in [1.29, 1.82) is 0 Å². The summed E-state index contributed by atoms with van der Waals surface area (Å²) in [7, 11) is 0. The Labute approximate surface area is 87.1 Å². The largest absolute Gasteiger partial charge is 0.481 e. The third kappa shape index (κ3) is 3.70. The highest BCUT2D eigenvalue weighted by Crippen LogP contribution is 2.15. The minimum atomic E-state index is -0.821. The van der Waals surface area contributed by atoms with Crippen molar-refractivity contribution in [3.8, 4) is 0 Å². The molecular formula is C10H13NO2S. The minimum absolute atomic E-state index is 0.0505. The van der Waals surface area contributed by atoms with Crippen LogP contribution in [0.1, 0.15) is 25.1 Å². The van der Waals surface area contributed by atoms with Gasteiger partial charge in [-0.25, -0.2) is 0 Å². The molecule has 0 bridgehead atoms. The van der Waals surface area contributed by atoms with Gasteiger partial charge >= 0.3 is 5.97 Å². The summed E-state index contributed by atoms with van der Waals surface area (Å²) in [6.45, 7) is 3.62. The Bertz CT molecular complexity index is 328. The molecule has 14 heavy (non-hydrogen) atoms. The SMILES string of the molecule is CC(C)(CC(=O)O)N=Cc1cccs1. The second-order valence-electron chi connectivity index (χ2n) is 3.66. The first kappa shape index (κ1) is 10.9. The molecule has 0 aliphatic carbocycles. The van der Waals surface area contributed by atoms with Crippen molar-refractivity contribution >= 4 is 23.5 Å². The minimum Gasteiger partial charge on any atom is -0.481 e. The van der Waals surface area contributed by atoms with Crippen molar-refractivity contribution < 1.29 is 9.90 Å². The van der Waals surface area contributed by atoms with E-state index in [4.69, 9.17) is 5.11 Å². The molecular weight excluding hydrogens is 198 g/mol. The Morgan fingerprint density at radius 2 is 2.43 bits per heavy atom. The predicted octanol–water partition coefficient (Wildman–Crippen LogP) is 2.42. The number of carbonyl (C=O) groups is 1. The van der Waals surface area contributed by atoms with Gasteiger partial charge in [0.2, 0.25) is 0 Å². The molecule has 4 heteroatoms. The number of rotatable bonds is 4. The van der Waals surface area contributed by atoms with Crippen molar-refractivity contribution in [2.24, 2.45) is 4.99 Å². The van der Waals surface area contributed by atoms with Crippen molar-refractivity contribution in [3.05, 3.63) is 22.4 Å². The quantitative estimate of drug-likeness (QED) is 0.777. The number of hydrogen-bond acceptors (Lipinski definition) is 3. The molecule has 0 aliphatic heterocycles. The fraction of sp³-hybridized carbons (Fsp3) is 0.400. The maximum Gasteiger partial charge on any atom is 0.305 e. The van der Waals surface area contributed by atoms with E-state index in [-0.39, 0.29) is 6.42 Å². The molecule has 0 saturated heterocycles. The van der Waals surface area contributed by atoms with Crippen molar-refractivity contribution in [2.45, 2.75) is 25.8 Å². The third-order valence-electron chi connectivity index (χ3n) is 1.67. The van der Waals surface area contributed by atoms with E-state index in [1.165, 1.54) is 0 Å². The molecule has 0 unspecified atom stereocenters. The van der Waals surface area contributed by atoms with Gasteiger partial charge in [0, 0.05) is 11.1 Å². The van der Waals surface area contributed by atoms with Gasteiger partial charge in [0.1, 0.15) is 0 Å². The highest BCUT2D eigenvalue weighted by molar-refractivity contribution is 7.11. The molecule has 0 aliphatic rings. The monoisotopic (exact) mass is 211 g/mol. The molecule has 1 aromatic rings. The second-order valence-corrected chi connectivity index (χ2v) is 4.64. The van der Waals surface area contributed by atoms with E-state index < -0.39 is 11.5 Å². The first-order valence-electron chi connectivity index (χ1n) is 4.30. The van der Waals surface area contributed by atoms with E-state index in [0.717, 1.165) is 4.88 Å². The Hall–Kier alpha value is -1.16. The molecule has 1 rings (SSSR count). The summed E-state index contributed by atoms with van der Waals surface area (Å²) in [5.74, 6) is -0.821. The highest BCUT2D eigenvalue weighted by Gasteiger charge is 2.19. The van der Waals surface area contributed by atoms with Gasteiger partial charge < -0.3 is 5.11 Å². The van der Waals surface area contributed by atoms with Gasteiger partial charge in [0.25, 0.3) is 0 Å². The summed E-state index contributed by atoms with van der Waals surface area (Å²) in [5, 5.41) is 10.6. The van der Waals surface area contributed by atoms with Crippen LogP contribution in [0.3, 0.4) is 0 Å². The van der Waals surface area contributed by atoms with E-state index in [2.05, 4.69) is 4.99 Å². The average molecular weight is 211 g/mol. The summed E-state index contributed by atoms with van der Waals surface area (Å²) in [6, 6.07) is 3.89. The number of carboxylic acid groups (broad SMARTS) is 1. The van der Waals surface area contributed by atoms with Crippen LogP contribution in [0.4, 0.5) is 0 Å². The molecule has 0 atom stereocenters. The lowest BCUT2D eigenvalue weighted by Crippen LogP contribution is -2.21. The van der Waals surface area contributed by atoms with Gasteiger partial charge in [-0.2, -0.15) is 0 Å². The van der Waals surface area contributed by atoms with Crippen LogP contribution >= 0.6 is 11.3 Å². The molecule has 0 spiro atoms. The Balaban J connectivity index is 2.62. The van der Waals surface area contributed by atoms with Gasteiger partial charge in [0.15, 0.2) is 0 Å². The Morgan fingerprint density at radius 1 is 1.71 bits per heavy atom. The van der Waals surface area contributed by atoms with Crippen LogP contribution in [0.25, 0.3) is 0 Å². The number of aliphatic carboxylic acids is 1. The zero-order chi connectivity index (χ0) is 10.6. The van der Waals surface area contributed by atoms with Gasteiger partial charge in [-0.1, -0.05) is 6.07 Å². The van der Waals surface area contributed by atoms with Crippen LogP contribution in [0.15, 0.2) is 22.5 Å². The topological polar surface area (TPSA) is 49.7 Å². The number of carboxylic acids is 1. The number of hydrogen-bond donors (Lipinski definition) is 1. The Morgan fingerprint density at radius 3 is 2.93 bits per heavy atom. The normalized spacial score (nSPS) is 12.1. The lowest BCUT2D eigenvalue weighted by Gasteiger charge is -2.15. The highest BCUT2D eigenvalue weighted by atomic mass is 32.1. The number of thiophene rings is 1. The summed E-state index contributed by atoms with van der Waals surface area (Å²) in [6.07, 6.45) is 1.78. The molecule has 0 amide bonds. The first-order chi connectivity index (χ1) is 6.49. The molecule has 76 valence electrons. The maximum atomic E-state index is 10.5. The standard InChI is InChI=1S/C10H13NO2S/c1-10(2,6-9(12)13)11-7-8-4-3-5-14-8/h3-5,7H,6H2,1-2H3,(H,12,13). The van der Waals surface area contributed by atoms with Crippen molar-refractivity contribution in [3.63, 3.8) is 0 Å². The summed E-state index contributed by atoms with van der Waals surface area (Å²) in [5.41, 5.74) is -0.532. The van der Waals surface area contributed by atoms with Gasteiger partial charge in [-0.05, 0) is 25.3 Å². The molecule has 0 saturated carbocycles. The van der Waals surface area contributed by atoms with Gasteiger partial charge in [0.05, 0.1) is 12.0 Å². The van der Waals surface area contributed by atoms with Crippen molar-refractivity contribution in [1.82, 2.24) is 0 Å². The van der Waals surface area contributed by atoms with E-state index in [1.54, 1.807) is 17.6 Å². The zero-order valence-electron chi connectivity index (χ0n) is 8.23. The maximum absolute atomic E-state index is 10.5. The number of nitrogens with zero attached hydrogens (tertiary/aromatic N) is 1. The molecule has 3 nitrogen and oxygen atoms in total. The van der Waals surface area contributed by atoms with Gasteiger partial charge in [-0.15, -0.1) is 11.3 Å². The van der Waals surface area contributed by atoms with Crippen LogP contribution in [-0.2, 0) is 4.79 Å². The Kier molecular flexibility index (Phi) is 3.41. The van der Waals surface area contributed by atoms with Crippen LogP contribution in [-0.4, -0.2) is 22.8 Å². The molecule has 1 heterocycles. The second kappa shape index (κ2) is 4.37. The third-order valence-corrected chi connectivity index (χ3v) is 2.48.